The minimum Gasteiger partial charge on any atom is -0.375 e. The maximum Gasteiger partial charge on any atom is 0.534 e. The van der Waals surface area contributed by atoms with Crippen molar-refractivity contribution in [1.29, 1.82) is 0 Å². The molecular formula is C11H9F3N2O4S. The molecule has 0 atom stereocenters. The second-order valence-electron chi connectivity index (χ2n) is 4.23. The molecule has 0 N–H and O–H groups in total. The third-order valence-corrected chi connectivity index (χ3v) is 3.73. The lowest BCUT2D eigenvalue weighted by atomic mass is 10.1. The highest BCUT2D eigenvalue weighted by Crippen LogP contribution is 2.31. The Bertz CT molecular complexity index is 871. The van der Waals surface area contributed by atoms with Crippen LogP contribution in [0.25, 0.3) is 10.8 Å². The molecule has 1 aromatic carbocycles. The summed E-state index contributed by atoms with van der Waals surface area (Å²) in [6.07, 6.45) is 1.07. The monoisotopic (exact) mass is 322 g/mol. The highest BCUT2D eigenvalue weighted by molar-refractivity contribution is 7.88. The van der Waals surface area contributed by atoms with Crippen LogP contribution in [-0.2, 0) is 17.2 Å². The van der Waals surface area contributed by atoms with E-state index in [9.17, 15) is 26.4 Å². The van der Waals surface area contributed by atoms with Crippen LogP contribution < -0.4 is 9.74 Å². The smallest absolute Gasteiger partial charge is 0.375 e. The Morgan fingerprint density at radius 1 is 1.29 bits per heavy atom. The Morgan fingerprint density at radius 2 is 1.90 bits per heavy atom. The number of aryl methyl sites for hydroxylation is 2. The molecule has 0 saturated heterocycles. The molecular weight excluding hydrogens is 313 g/mol. The summed E-state index contributed by atoms with van der Waals surface area (Å²) in [7, 11) is -4.45. The van der Waals surface area contributed by atoms with Crippen molar-refractivity contribution >= 4 is 20.9 Å². The van der Waals surface area contributed by atoms with E-state index in [0.29, 0.717) is 5.56 Å². The summed E-state index contributed by atoms with van der Waals surface area (Å²) >= 11 is 0. The number of aromatic nitrogens is 2. The van der Waals surface area contributed by atoms with Gasteiger partial charge in [-0.05, 0) is 18.6 Å². The van der Waals surface area contributed by atoms with Gasteiger partial charge in [0.1, 0.15) is 0 Å². The lowest BCUT2D eigenvalue weighted by Crippen LogP contribution is -2.28. The van der Waals surface area contributed by atoms with Gasteiger partial charge in [0, 0.05) is 7.05 Å². The molecule has 2 aromatic rings. The Kier molecular flexibility index (Phi) is 3.44. The molecule has 0 radical (unpaired) electrons. The lowest BCUT2D eigenvalue weighted by molar-refractivity contribution is -0.0499. The molecule has 21 heavy (non-hydrogen) atoms. The standard InChI is InChI=1S/C11H9F3N2O4S/c1-6-3-4-8(20-21(18,19)11(12,13)14)7-5-15-16(2)10(17)9(6)7/h3-5H,1-2H3. The van der Waals surface area contributed by atoms with Crippen molar-refractivity contribution < 1.29 is 25.8 Å². The molecule has 10 heteroatoms. The lowest BCUT2D eigenvalue weighted by Gasteiger charge is -2.12. The second kappa shape index (κ2) is 4.72. The highest BCUT2D eigenvalue weighted by atomic mass is 32.2. The van der Waals surface area contributed by atoms with Crippen molar-refractivity contribution in [3.8, 4) is 5.75 Å². The molecule has 1 heterocycles. The number of hydrogen-bond acceptors (Lipinski definition) is 5. The van der Waals surface area contributed by atoms with Gasteiger partial charge in [-0.25, -0.2) is 4.68 Å². The maximum absolute atomic E-state index is 12.3. The second-order valence-corrected chi connectivity index (χ2v) is 5.76. The van der Waals surface area contributed by atoms with Crippen LogP contribution in [0, 0.1) is 6.92 Å². The average Bonchev–Trinajstić information content (AvgIpc) is 2.35. The maximum atomic E-state index is 12.3. The molecule has 0 aliphatic heterocycles. The van der Waals surface area contributed by atoms with Crippen molar-refractivity contribution in [1.82, 2.24) is 9.78 Å². The van der Waals surface area contributed by atoms with Crippen LogP contribution in [0.15, 0.2) is 23.1 Å². The zero-order chi connectivity index (χ0) is 16.0. The van der Waals surface area contributed by atoms with Crippen LogP contribution in [0.5, 0.6) is 5.75 Å². The summed E-state index contributed by atoms with van der Waals surface area (Å²) in [5, 5.41) is 3.59. The molecule has 2 rings (SSSR count). The van der Waals surface area contributed by atoms with Gasteiger partial charge >= 0.3 is 15.6 Å². The van der Waals surface area contributed by atoms with Gasteiger partial charge in [0.25, 0.3) is 5.56 Å². The molecule has 0 aliphatic carbocycles. The Balaban J connectivity index is 2.71. The van der Waals surface area contributed by atoms with Crippen molar-refractivity contribution in [2.45, 2.75) is 12.4 Å². The van der Waals surface area contributed by atoms with E-state index in [1.165, 1.54) is 13.1 Å². The molecule has 0 spiro atoms. The predicted molar refractivity (Wildman–Crippen MR) is 67.3 cm³/mol. The Morgan fingerprint density at radius 3 is 2.48 bits per heavy atom. The topological polar surface area (TPSA) is 78.3 Å². The fourth-order valence-electron chi connectivity index (χ4n) is 1.72. The third-order valence-electron chi connectivity index (χ3n) is 2.76. The highest BCUT2D eigenvalue weighted by Gasteiger charge is 2.48. The van der Waals surface area contributed by atoms with E-state index in [2.05, 4.69) is 9.28 Å². The zero-order valence-corrected chi connectivity index (χ0v) is 11.6. The summed E-state index contributed by atoms with van der Waals surface area (Å²) in [6.45, 7) is 1.56. The van der Waals surface area contributed by atoms with Gasteiger partial charge in [0.2, 0.25) is 0 Å². The van der Waals surface area contributed by atoms with Gasteiger partial charge < -0.3 is 4.18 Å². The van der Waals surface area contributed by atoms with Crippen LogP contribution >= 0.6 is 0 Å². The molecule has 1 aromatic heterocycles. The third kappa shape index (κ3) is 2.58. The number of halogens is 3. The number of fused-ring (bicyclic) bond motifs is 1. The van der Waals surface area contributed by atoms with E-state index in [1.54, 1.807) is 6.92 Å². The first-order valence-corrected chi connectivity index (χ1v) is 6.92. The Hall–Kier alpha value is -2.10. The summed E-state index contributed by atoms with van der Waals surface area (Å²) in [6, 6.07) is 2.34. The van der Waals surface area contributed by atoms with Crippen LogP contribution in [0.4, 0.5) is 13.2 Å². The largest absolute Gasteiger partial charge is 0.534 e. The van der Waals surface area contributed by atoms with Crippen molar-refractivity contribution in [3.63, 3.8) is 0 Å². The predicted octanol–water partition coefficient (Wildman–Crippen LogP) is 1.47. The number of rotatable bonds is 2. The van der Waals surface area contributed by atoms with E-state index in [4.69, 9.17) is 0 Å². The first kappa shape index (κ1) is 15.3. The molecule has 114 valence electrons. The fraction of sp³-hybridized carbons (Fsp3) is 0.273. The Labute approximate surface area is 116 Å². The minimum absolute atomic E-state index is 0.0439. The van der Waals surface area contributed by atoms with Crippen LogP contribution in [0.2, 0.25) is 0 Å². The van der Waals surface area contributed by atoms with Crippen molar-refractivity contribution in [2.75, 3.05) is 0 Å². The normalized spacial score (nSPS) is 12.6. The molecule has 0 bridgehead atoms. The van der Waals surface area contributed by atoms with E-state index in [0.717, 1.165) is 16.9 Å². The average molecular weight is 322 g/mol. The SMILES string of the molecule is Cc1ccc(OS(=O)(=O)C(F)(F)F)c2cnn(C)c(=O)c12. The van der Waals surface area contributed by atoms with Gasteiger partial charge in [-0.1, -0.05) is 6.07 Å². The molecule has 6 nitrogen and oxygen atoms in total. The van der Waals surface area contributed by atoms with E-state index in [1.807, 2.05) is 0 Å². The first-order chi connectivity index (χ1) is 9.54. The van der Waals surface area contributed by atoms with Gasteiger partial charge in [0.15, 0.2) is 5.75 Å². The van der Waals surface area contributed by atoms with Crippen molar-refractivity contribution in [2.24, 2.45) is 7.05 Å². The van der Waals surface area contributed by atoms with Gasteiger partial charge in [-0.15, -0.1) is 0 Å². The summed E-state index contributed by atoms with van der Waals surface area (Å²) in [4.78, 5) is 11.9. The van der Waals surface area contributed by atoms with E-state index >= 15 is 0 Å². The van der Waals surface area contributed by atoms with Crippen LogP contribution in [0.3, 0.4) is 0 Å². The number of hydrogen-bond donors (Lipinski definition) is 0. The quantitative estimate of drug-likeness (QED) is 0.618. The summed E-state index contributed by atoms with van der Waals surface area (Å²) < 4.78 is 64.2. The minimum atomic E-state index is -5.81. The van der Waals surface area contributed by atoms with Crippen LogP contribution in [-0.4, -0.2) is 23.7 Å². The molecule has 0 aliphatic rings. The number of nitrogens with zero attached hydrogens (tertiary/aromatic N) is 2. The number of alkyl halides is 3. The van der Waals surface area contributed by atoms with E-state index < -0.39 is 26.9 Å². The zero-order valence-electron chi connectivity index (χ0n) is 10.8. The fourth-order valence-corrected chi connectivity index (χ4v) is 2.19. The molecule has 0 unspecified atom stereocenters. The van der Waals surface area contributed by atoms with Gasteiger partial charge in [-0.3, -0.25) is 4.79 Å². The van der Waals surface area contributed by atoms with Gasteiger partial charge in [0.05, 0.1) is 17.0 Å². The first-order valence-electron chi connectivity index (χ1n) is 5.51. The molecule has 0 saturated carbocycles. The van der Waals surface area contributed by atoms with Crippen molar-refractivity contribution in [3.05, 3.63) is 34.2 Å². The van der Waals surface area contributed by atoms with Crippen LogP contribution in [0.1, 0.15) is 5.56 Å². The van der Waals surface area contributed by atoms with Gasteiger partial charge in [-0.2, -0.15) is 26.7 Å². The van der Waals surface area contributed by atoms with E-state index in [-0.39, 0.29) is 10.8 Å². The summed E-state index contributed by atoms with van der Waals surface area (Å²) in [5.74, 6) is -0.599. The molecule has 0 amide bonds. The summed E-state index contributed by atoms with van der Waals surface area (Å²) in [5.41, 5.74) is -5.66. The molecule has 0 fully saturated rings. The number of benzene rings is 1.